The SMILES string of the molecule is C#C[C@]1(COC(=O)c2ccccc2)O[C@H](n2cc(C)c(=O)[nH]c2=O)C=C1F. The van der Waals surface area contributed by atoms with Crippen LogP contribution < -0.4 is 11.2 Å². The normalized spacial score (nSPS) is 21.4. The lowest BCUT2D eigenvalue weighted by Crippen LogP contribution is -2.39. The molecule has 0 amide bonds. The van der Waals surface area contributed by atoms with Gasteiger partial charge in [-0.05, 0) is 19.1 Å². The quantitative estimate of drug-likeness (QED) is 0.650. The van der Waals surface area contributed by atoms with Crippen LogP contribution in [-0.4, -0.2) is 27.7 Å². The van der Waals surface area contributed by atoms with E-state index >= 15 is 0 Å². The number of halogens is 1. The standard InChI is InChI=1S/C19H15FN2O5/c1-3-19(11-26-17(24)13-7-5-4-6-8-13)14(20)9-15(27-19)22-10-12(2)16(23)21-18(22)25/h1,4-10,15H,11H2,2H3,(H,21,23,25)/t15-,19+/m0/s1. The number of nitrogens with one attached hydrogen (secondary N) is 1. The van der Waals surface area contributed by atoms with E-state index < -0.39 is 41.5 Å². The van der Waals surface area contributed by atoms with E-state index in [1.165, 1.54) is 25.3 Å². The summed E-state index contributed by atoms with van der Waals surface area (Å²) in [4.78, 5) is 37.6. The van der Waals surface area contributed by atoms with Crippen molar-refractivity contribution in [3.05, 3.63) is 80.4 Å². The van der Waals surface area contributed by atoms with Crippen LogP contribution in [0.4, 0.5) is 4.39 Å². The first-order chi connectivity index (χ1) is 12.9. The molecule has 0 unspecified atom stereocenters. The average Bonchev–Trinajstić information content (AvgIpc) is 3.00. The molecule has 0 spiro atoms. The summed E-state index contributed by atoms with van der Waals surface area (Å²) in [5, 5.41) is 0. The Labute approximate surface area is 153 Å². The molecule has 0 fully saturated rings. The van der Waals surface area contributed by atoms with Crippen LogP contribution in [0.5, 0.6) is 0 Å². The number of carbonyl (C=O) groups is 1. The van der Waals surface area contributed by atoms with Crippen molar-refractivity contribution < 1.29 is 18.7 Å². The molecule has 27 heavy (non-hydrogen) atoms. The first kappa shape index (κ1) is 18.4. The van der Waals surface area contributed by atoms with Crippen molar-refractivity contribution >= 4 is 5.97 Å². The highest BCUT2D eigenvalue weighted by Gasteiger charge is 2.45. The summed E-state index contributed by atoms with van der Waals surface area (Å²) >= 11 is 0. The number of terminal acetylenes is 1. The number of hydrogen-bond acceptors (Lipinski definition) is 5. The summed E-state index contributed by atoms with van der Waals surface area (Å²) in [5.74, 6) is 0.588. The molecule has 1 aromatic heterocycles. The smallest absolute Gasteiger partial charge is 0.338 e. The van der Waals surface area contributed by atoms with Gasteiger partial charge in [0.2, 0.25) is 5.60 Å². The van der Waals surface area contributed by atoms with Crippen molar-refractivity contribution in [1.82, 2.24) is 9.55 Å². The Kier molecular flexibility index (Phi) is 4.79. The number of nitrogens with zero attached hydrogens (tertiary/aromatic N) is 1. The summed E-state index contributed by atoms with van der Waals surface area (Å²) < 4.78 is 26.2. The van der Waals surface area contributed by atoms with Crippen molar-refractivity contribution in [3.8, 4) is 12.3 Å². The van der Waals surface area contributed by atoms with Gasteiger partial charge in [-0.2, -0.15) is 0 Å². The predicted molar refractivity (Wildman–Crippen MR) is 93.7 cm³/mol. The van der Waals surface area contributed by atoms with Crippen LogP contribution in [0, 0.1) is 19.3 Å². The van der Waals surface area contributed by atoms with E-state index in [1.54, 1.807) is 18.2 Å². The maximum atomic E-state index is 14.6. The molecule has 0 saturated carbocycles. The first-order valence-corrected chi connectivity index (χ1v) is 7.94. The van der Waals surface area contributed by atoms with E-state index in [4.69, 9.17) is 15.9 Å². The van der Waals surface area contributed by atoms with Crippen molar-refractivity contribution in [2.45, 2.75) is 18.8 Å². The maximum absolute atomic E-state index is 14.6. The number of benzene rings is 1. The highest BCUT2D eigenvalue weighted by Crippen LogP contribution is 2.36. The number of aromatic amines is 1. The molecule has 7 nitrogen and oxygen atoms in total. The molecule has 1 aliphatic heterocycles. The number of aryl methyl sites for hydroxylation is 1. The monoisotopic (exact) mass is 370 g/mol. The van der Waals surface area contributed by atoms with Gasteiger partial charge in [-0.3, -0.25) is 14.3 Å². The molecule has 138 valence electrons. The fraction of sp³-hybridized carbons (Fsp3) is 0.211. The Morgan fingerprint density at radius 3 is 2.78 bits per heavy atom. The van der Waals surface area contributed by atoms with Crippen molar-refractivity contribution in [1.29, 1.82) is 0 Å². The number of rotatable bonds is 4. The Balaban J connectivity index is 1.82. The van der Waals surface area contributed by atoms with E-state index in [0.29, 0.717) is 0 Å². The van der Waals surface area contributed by atoms with E-state index in [1.807, 2.05) is 0 Å². The van der Waals surface area contributed by atoms with Crippen LogP contribution in [0.2, 0.25) is 0 Å². The van der Waals surface area contributed by atoms with Gasteiger partial charge in [-0.25, -0.2) is 14.0 Å². The second kappa shape index (κ2) is 7.05. The van der Waals surface area contributed by atoms with Gasteiger partial charge >= 0.3 is 11.7 Å². The van der Waals surface area contributed by atoms with Crippen LogP contribution in [-0.2, 0) is 9.47 Å². The first-order valence-electron chi connectivity index (χ1n) is 7.94. The zero-order chi connectivity index (χ0) is 19.6. The summed E-state index contributed by atoms with van der Waals surface area (Å²) in [7, 11) is 0. The van der Waals surface area contributed by atoms with Crippen molar-refractivity contribution in [2.24, 2.45) is 0 Å². The predicted octanol–water partition coefficient (Wildman–Crippen LogP) is 1.46. The van der Waals surface area contributed by atoms with Gasteiger partial charge in [0.25, 0.3) is 5.56 Å². The topological polar surface area (TPSA) is 90.4 Å². The minimum absolute atomic E-state index is 0.237. The lowest BCUT2D eigenvalue weighted by atomic mass is 10.1. The molecular weight excluding hydrogens is 355 g/mol. The third-order valence-corrected chi connectivity index (χ3v) is 4.07. The fourth-order valence-corrected chi connectivity index (χ4v) is 2.54. The van der Waals surface area contributed by atoms with Gasteiger partial charge in [0.05, 0.1) is 5.56 Å². The lowest BCUT2D eigenvalue weighted by molar-refractivity contribution is -0.0677. The molecular formula is C19H15FN2O5. The summed E-state index contributed by atoms with van der Waals surface area (Å²) in [6, 6.07) is 8.12. The Hall–Kier alpha value is -3.44. The second-order valence-electron chi connectivity index (χ2n) is 5.92. The van der Waals surface area contributed by atoms with E-state index in [-0.39, 0.29) is 11.1 Å². The maximum Gasteiger partial charge on any atom is 0.338 e. The molecule has 2 aromatic rings. The highest BCUT2D eigenvalue weighted by molar-refractivity contribution is 5.89. The van der Waals surface area contributed by atoms with Gasteiger partial charge in [-0.1, -0.05) is 24.1 Å². The molecule has 2 atom stereocenters. The zero-order valence-corrected chi connectivity index (χ0v) is 14.3. The molecule has 8 heteroatoms. The second-order valence-corrected chi connectivity index (χ2v) is 5.92. The van der Waals surface area contributed by atoms with Crippen molar-refractivity contribution in [2.75, 3.05) is 6.61 Å². The minimum atomic E-state index is -1.96. The van der Waals surface area contributed by atoms with E-state index in [9.17, 15) is 18.8 Å². The number of esters is 1. The fourth-order valence-electron chi connectivity index (χ4n) is 2.54. The lowest BCUT2D eigenvalue weighted by Gasteiger charge is -2.24. The molecule has 0 bridgehead atoms. The molecule has 1 aromatic carbocycles. The highest BCUT2D eigenvalue weighted by atomic mass is 19.1. The number of aromatic nitrogens is 2. The Bertz CT molecular complexity index is 1060. The minimum Gasteiger partial charge on any atom is -0.457 e. The van der Waals surface area contributed by atoms with Crippen LogP contribution in [0.25, 0.3) is 0 Å². The van der Waals surface area contributed by atoms with Crippen LogP contribution in [0.1, 0.15) is 22.1 Å². The Morgan fingerprint density at radius 1 is 1.41 bits per heavy atom. The molecule has 3 rings (SSSR count). The largest absolute Gasteiger partial charge is 0.457 e. The van der Waals surface area contributed by atoms with Gasteiger partial charge < -0.3 is 9.47 Å². The Morgan fingerprint density at radius 2 is 2.11 bits per heavy atom. The number of hydrogen-bond donors (Lipinski definition) is 1. The van der Waals surface area contributed by atoms with Gasteiger partial charge in [0, 0.05) is 17.8 Å². The third kappa shape index (κ3) is 3.45. The zero-order valence-electron chi connectivity index (χ0n) is 14.3. The summed E-state index contributed by atoms with van der Waals surface area (Å²) in [6.07, 6.45) is 6.46. The van der Waals surface area contributed by atoms with Crippen LogP contribution in [0.3, 0.4) is 0 Å². The van der Waals surface area contributed by atoms with Crippen LogP contribution >= 0.6 is 0 Å². The number of H-pyrrole nitrogens is 1. The summed E-state index contributed by atoms with van der Waals surface area (Å²) in [6.45, 7) is 0.910. The summed E-state index contributed by atoms with van der Waals surface area (Å²) in [5.41, 5.74) is -2.79. The van der Waals surface area contributed by atoms with Gasteiger partial charge in [-0.15, -0.1) is 6.42 Å². The average molecular weight is 370 g/mol. The van der Waals surface area contributed by atoms with Gasteiger partial charge in [0.1, 0.15) is 12.4 Å². The van der Waals surface area contributed by atoms with Crippen LogP contribution in [0.15, 0.2) is 58.0 Å². The van der Waals surface area contributed by atoms with Crippen molar-refractivity contribution in [3.63, 3.8) is 0 Å². The number of carbonyl (C=O) groups excluding carboxylic acids is 1. The number of ether oxygens (including phenoxy) is 2. The molecule has 0 aliphatic carbocycles. The molecule has 0 radical (unpaired) electrons. The van der Waals surface area contributed by atoms with E-state index in [2.05, 4.69) is 10.9 Å². The van der Waals surface area contributed by atoms with E-state index in [0.717, 1.165) is 10.6 Å². The van der Waals surface area contributed by atoms with Gasteiger partial charge in [0.15, 0.2) is 6.23 Å². The molecule has 2 heterocycles. The molecule has 1 N–H and O–H groups in total. The molecule has 0 saturated heterocycles. The third-order valence-electron chi connectivity index (χ3n) is 4.07. The molecule has 1 aliphatic rings.